The first-order chi connectivity index (χ1) is 10.8. The summed E-state index contributed by atoms with van der Waals surface area (Å²) >= 11 is 0.294. The minimum Gasteiger partial charge on any atom is -0.266 e. The fourth-order valence-corrected chi connectivity index (χ4v) is 2.00. The van der Waals surface area contributed by atoms with Gasteiger partial charge in [0, 0.05) is 12.1 Å². The predicted octanol–water partition coefficient (Wildman–Crippen LogP) is 2.23. The zero-order valence-electron chi connectivity index (χ0n) is 10.9. The molecule has 12 heteroatoms. The quantitative estimate of drug-likeness (QED) is 0.519. The largest absolute Gasteiger partial charge is 0.436 e. The van der Waals surface area contributed by atoms with Gasteiger partial charge in [0.25, 0.3) is 11.6 Å². The van der Waals surface area contributed by atoms with Gasteiger partial charge in [-0.15, -0.1) is 5.10 Å². The summed E-state index contributed by atoms with van der Waals surface area (Å²) in [4.78, 5) is 20.8. The highest BCUT2D eigenvalue weighted by Gasteiger charge is 2.39. The molecule has 8 nitrogen and oxygen atoms in total. The fourth-order valence-electron chi connectivity index (χ4n) is 1.42. The van der Waals surface area contributed by atoms with Crippen molar-refractivity contribution in [1.29, 1.82) is 0 Å². The normalized spacial score (nSPS) is 11.6. The Bertz CT molecular complexity index is 757. The highest BCUT2D eigenvalue weighted by Crippen LogP contribution is 2.31. The number of carbonyl (C=O) groups is 1. The first kappa shape index (κ1) is 16.5. The number of halogens is 3. The maximum Gasteiger partial charge on any atom is 0.436 e. The summed E-state index contributed by atoms with van der Waals surface area (Å²) < 4.78 is 40.8. The van der Waals surface area contributed by atoms with Crippen LogP contribution in [-0.4, -0.2) is 26.6 Å². The molecule has 2 rings (SSSR count). The summed E-state index contributed by atoms with van der Waals surface area (Å²) in [5.41, 5.74) is 0.810. The predicted molar refractivity (Wildman–Crippen MR) is 73.1 cm³/mol. The summed E-state index contributed by atoms with van der Waals surface area (Å²) in [5, 5.41) is 16.8. The van der Waals surface area contributed by atoms with Gasteiger partial charge in [-0.1, -0.05) is 4.49 Å². The second-order valence-corrected chi connectivity index (χ2v) is 4.75. The molecule has 0 unspecified atom stereocenters. The molecular weight excluding hydrogens is 339 g/mol. The number of nitro benzene ring substituents is 1. The Kier molecular flexibility index (Phi) is 4.64. The summed E-state index contributed by atoms with van der Waals surface area (Å²) in [6.07, 6.45) is -3.66. The number of hydrogen-bond donors (Lipinski definition) is 1. The summed E-state index contributed by atoms with van der Waals surface area (Å²) in [6.45, 7) is 0. The van der Waals surface area contributed by atoms with Crippen LogP contribution < -0.4 is 5.43 Å². The van der Waals surface area contributed by atoms with Crippen LogP contribution in [0.25, 0.3) is 0 Å². The smallest absolute Gasteiger partial charge is 0.266 e. The average Bonchev–Trinajstić information content (AvgIpc) is 2.97. The fraction of sp³-hybridized carbons (Fsp3) is 0.0909. The van der Waals surface area contributed by atoms with Crippen LogP contribution in [0.5, 0.6) is 0 Å². The van der Waals surface area contributed by atoms with Gasteiger partial charge in [0.2, 0.25) is 0 Å². The lowest BCUT2D eigenvalue weighted by molar-refractivity contribution is -0.384. The van der Waals surface area contributed by atoms with E-state index in [9.17, 15) is 28.1 Å². The standard InChI is InChI=1S/C11H6F3N5O3S/c12-11(13,14)9-8(23-18-16-9)10(20)17-15-5-6-1-3-7(4-2-6)19(21)22/h1-5H,(H,17,20). The van der Waals surface area contributed by atoms with Gasteiger partial charge >= 0.3 is 6.18 Å². The molecule has 2 aromatic rings. The summed E-state index contributed by atoms with van der Waals surface area (Å²) in [7, 11) is 0. The first-order valence-electron chi connectivity index (χ1n) is 5.76. The number of carbonyl (C=O) groups excluding carboxylic acids is 1. The van der Waals surface area contributed by atoms with Gasteiger partial charge in [-0.3, -0.25) is 14.9 Å². The van der Waals surface area contributed by atoms with Crippen molar-refractivity contribution in [3.63, 3.8) is 0 Å². The van der Waals surface area contributed by atoms with Crippen LogP contribution >= 0.6 is 11.5 Å². The minimum absolute atomic E-state index is 0.128. The van der Waals surface area contributed by atoms with Crippen molar-refractivity contribution >= 4 is 29.3 Å². The number of rotatable bonds is 4. The van der Waals surface area contributed by atoms with E-state index in [1.165, 1.54) is 24.3 Å². The van der Waals surface area contributed by atoms with E-state index in [1.54, 1.807) is 0 Å². The number of non-ortho nitro benzene ring substituents is 1. The monoisotopic (exact) mass is 345 g/mol. The molecule has 0 saturated heterocycles. The number of benzene rings is 1. The molecule has 23 heavy (non-hydrogen) atoms. The maximum atomic E-state index is 12.6. The average molecular weight is 345 g/mol. The lowest BCUT2D eigenvalue weighted by atomic mass is 10.2. The number of nitrogens with zero attached hydrogens (tertiary/aromatic N) is 4. The van der Waals surface area contributed by atoms with Crippen LogP contribution in [0, 0.1) is 10.1 Å². The third-order valence-corrected chi connectivity index (χ3v) is 3.17. The molecule has 0 radical (unpaired) electrons. The Morgan fingerprint density at radius 3 is 2.57 bits per heavy atom. The van der Waals surface area contributed by atoms with Crippen LogP contribution in [0.2, 0.25) is 0 Å². The molecule has 0 spiro atoms. The van der Waals surface area contributed by atoms with E-state index in [4.69, 9.17) is 0 Å². The van der Waals surface area contributed by atoms with Crippen LogP contribution in [0.1, 0.15) is 20.9 Å². The molecule has 1 amide bonds. The van der Waals surface area contributed by atoms with E-state index in [-0.39, 0.29) is 5.69 Å². The lowest BCUT2D eigenvalue weighted by Gasteiger charge is -2.03. The van der Waals surface area contributed by atoms with E-state index in [0.717, 1.165) is 6.21 Å². The molecule has 0 saturated carbocycles. The van der Waals surface area contributed by atoms with Gasteiger partial charge in [-0.2, -0.15) is 18.3 Å². The molecule has 0 bridgehead atoms. The highest BCUT2D eigenvalue weighted by atomic mass is 32.1. The van der Waals surface area contributed by atoms with Gasteiger partial charge in [-0.25, -0.2) is 5.43 Å². The number of hydrogen-bond acceptors (Lipinski definition) is 7. The van der Waals surface area contributed by atoms with Gasteiger partial charge in [0.1, 0.15) is 4.88 Å². The van der Waals surface area contributed by atoms with Crippen LogP contribution in [0.4, 0.5) is 18.9 Å². The molecule has 1 aromatic carbocycles. The van der Waals surface area contributed by atoms with E-state index < -0.39 is 27.6 Å². The number of nitro groups is 1. The second kappa shape index (κ2) is 6.48. The first-order valence-corrected chi connectivity index (χ1v) is 6.54. The van der Waals surface area contributed by atoms with Crippen molar-refractivity contribution in [1.82, 2.24) is 15.0 Å². The van der Waals surface area contributed by atoms with E-state index in [1.807, 2.05) is 5.43 Å². The van der Waals surface area contributed by atoms with E-state index in [2.05, 4.69) is 14.7 Å². The van der Waals surface area contributed by atoms with Crippen molar-refractivity contribution in [2.24, 2.45) is 5.10 Å². The van der Waals surface area contributed by atoms with Gasteiger partial charge < -0.3 is 0 Å². The highest BCUT2D eigenvalue weighted by molar-refractivity contribution is 7.08. The Labute approximate surface area is 129 Å². The maximum absolute atomic E-state index is 12.6. The van der Waals surface area contributed by atoms with Crippen LogP contribution in [0.15, 0.2) is 29.4 Å². The topological polar surface area (TPSA) is 110 Å². The molecule has 0 fully saturated rings. The molecule has 0 aliphatic rings. The van der Waals surface area contributed by atoms with E-state index in [0.29, 0.717) is 17.1 Å². The Hall–Kier alpha value is -2.89. The molecule has 120 valence electrons. The summed E-state index contributed by atoms with van der Waals surface area (Å²) in [6, 6.07) is 5.17. The Balaban J connectivity index is 2.04. The molecule has 0 aliphatic carbocycles. The Morgan fingerprint density at radius 2 is 2.00 bits per heavy atom. The third-order valence-electron chi connectivity index (χ3n) is 2.45. The number of amides is 1. The third kappa shape index (κ3) is 4.06. The number of alkyl halides is 3. The zero-order chi connectivity index (χ0) is 17.0. The second-order valence-electron chi connectivity index (χ2n) is 4.00. The van der Waals surface area contributed by atoms with Gasteiger partial charge in [0.15, 0.2) is 5.69 Å². The molecule has 0 aliphatic heterocycles. The molecular formula is C11H6F3N5O3S. The van der Waals surface area contributed by atoms with Crippen molar-refractivity contribution in [3.05, 3.63) is 50.5 Å². The zero-order valence-corrected chi connectivity index (χ0v) is 11.8. The SMILES string of the molecule is O=C(NN=Cc1ccc([N+](=O)[O-])cc1)c1snnc1C(F)(F)F. The van der Waals surface area contributed by atoms with Crippen molar-refractivity contribution < 1.29 is 22.9 Å². The van der Waals surface area contributed by atoms with Crippen molar-refractivity contribution in [3.8, 4) is 0 Å². The molecule has 0 atom stereocenters. The number of aromatic nitrogens is 2. The molecule has 1 N–H and O–H groups in total. The Morgan fingerprint density at radius 1 is 1.35 bits per heavy atom. The molecule has 1 aromatic heterocycles. The van der Waals surface area contributed by atoms with Gasteiger partial charge in [0.05, 0.1) is 11.1 Å². The lowest BCUT2D eigenvalue weighted by Crippen LogP contribution is -2.21. The number of nitrogens with one attached hydrogen (secondary N) is 1. The van der Waals surface area contributed by atoms with E-state index >= 15 is 0 Å². The summed E-state index contributed by atoms with van der Waals surface area (Å²) in [5.74, 6) is -1.11. The van der Waals surface area contributed by atoms with Crippen molar-refractivity contribution in [2.45, 2.75) is 6.18 Å². The van der Waals surface area contributed by atoms with Crippen LogP contribution in [0.3, 0.4) is 0 Å². The van der Waals surface area contributed by atoms with Gasteiger partial charge in [-0.05, 0) is 29.2 Å². The minimum atomic E-state index is -4.79. The number of hydrazone groups is 1. The molecule has 1 heterocycles. The van der Waals surface area contributed by atoms with Crippen molar-refractivity contribution in [2.75, 3.05) is 0 Å². The van der Waals surface area contributed by atoms with Crippen LogP contribution in [-0.2, 0) is 6.18 Å².